The molecule has 0 amide bonds. The number of esters is 1. The molecule has 25 heavy (non-hydrogen) atoms. The average Bonchev–Trinajstić information content (AvgIpc) is 3.15. The van der Waals surface area contributed by atoms with Gasteiger partial charge < -0.3 is 18.8 Å². The van der Waals surface area contributed by atoms with Gasteiger partial charge in [-0.3, -0.25) is 4.79 Å². The molecule has 0 atom stereocenters. The van der Waals surface area contributed by atoms with Gasteiger partial charge in [0.1, 0.15) is 0 Å². The third-order valence-corrected chi connectivity index (χ3v) is 4.24. The number of Topliss-reactive ketones (excluding diaryl/α,β-unsaturated/α-hetero) is 1. The first kappa shape index (κ1) is 17.1. The highest BCUT2D eigenvalue weighted by Gasteiger charge is 2.20. The molecule has 6 heteroatoms. The van der Waals surface area contributed by atoms with Crippen molar-refractivity contribution >= 4 is 11.8 Å². The summed E-state index contributed by atoms with van der Waals surface area (Å²) in [6, 6.07) is 6.89. The van der Waals surface area contributed by atoms with E-state index in [1.807, 2.05) is 19.9 Å². The average molecular weight is 343 g/mol. The predicted molar refractivity (Wildman–Crippen MR) is 91.5 cm³/mol. The van der Waals surface area contributed by atoms with Crippen molar-refractivity contribution in [3.05, 3.63) is 46.8 Å². The monoisotopic (exact) mass is 343 g/mol. The topological polar surface area (TPSA) is 66.8 Å². The minimum atomic E-state index is -0.565. The van der Waals surface area contributed by atoms with Gasteiger partial charge in [-0.2, -0.15) is 0 Å². The molecular weight excluding hydrogens is 322 g/mol. The summed E-state index contributed by atoms with van der Waals surface area (Å²) in [5.74, 6) is 0.313. The van der Waals surface area contributed by atoms with Gasteiger partial charge >= 0.3 is 5.97 Å². The zero-order valence-corrected chi connectivity index (χ0v) is 14.8. The largest absolute Gasteiger partial charge is 0.454 e. The van der Waals surface area contributed by atoms with Crippen molar-refractivity contribution in [2.24, 2.45) is 0 Å². The molecule has 0 aliphatic carbocycles. The molecule has 3 rings (SSSR count). The molecule has 2 heterocycles. The molecule has 1 aromatic heterocycles. The van der Waals surface area contributed by atoms with Crippen LogP contribution in [0.2, 0.25) is 0 Å². The van der Waals surface area contributed by atoms with Gasteiger partial charge in [-0.1, -0.05) is 0 Å². The van der Waals surface area contributed by atoms with Crippen LogP contribution in [0.3, 0.4) is 0 Å². The minimum Gasteiger partial charge on any atom is -0.454 e. The van der Waals surface area contributed by atoms with Crippen molar-refractivity contribution in [1.82, 2.24) is 4.57 Å². The second kappa shape index (κ2) is 6.63. The standard InChI is InChI=1S/C19H21NO5/c1-11(2)20-12(3)7-15(13(20)4)16(21)9-23-19(22)14-5-6-17-18(8-14)25-10-24-17/h5-8,11H,9-10H2,1-4H3. The van der Waals surface area contributed by atoms with Gasteiger partial charge in [0.2, 0.25) is 12.6 Å². The maximum absolute atomic E-state index is 12.4. The normalized spacial score (nSPS) is 12.5. The molecule has 0 fully saturated rings. The highest BCUT2D eigenvalue weighted by molar-refractivity contribution is 6.00. The first-order valence-electron chi connectivity index (χ1n) is 8.17. The number of carbonyl (C=O) groups excluding carboxylic acids is 2. The van der Waals surface area contributed by atoms with Crippen LogP contribution in [0.5, 0.6) is 11.5 Å². The van der Waals surface area contributed by atoms with Crippen LogP contribution < -0.4 is 9.47 Å². The number of ether oxygens (including phenoxy) is 3. The maximum atomic E-state index is 12.4. The van der Waals surface area contributed by atoms with E-state index >= 15 is 0 Å². The van der Waals surface area contributed by atoms with Gasteiger partial charge in [-0.05, 0) is 52.0 Å². The molecule has 1 aromatic carbocycles. The third-order valence-electron chi connectivity index (χ3n) is 4.24. The van der Waals surface area contributed by atoms with Crippen LogP contribution in [0, 0.1) is 13.8 Å². The Kier molecular flexibility index (Phi) is 4.53. The highest BCUT2D eigenvalue weighted by Crippen LogP contribution is 2.32. The lowest BCUT2D eigenvalue weighted by Gasteiger charge is -2.13. The summed E-state index contributed by atoms with van der Waals surface area (Å²) in [4.78, 5) is 24.6. The SMILES string of the molecule is Cc1cc(C(=O)COC(=O)c2ccc3c(c2)OCO3)c(C)n1C(C)C. The van der Waals surface area contributed by atoms with E-state index in [0.29, 0.717) is 22.6 Å². The van der Waals surface area contributed by atoms with Crippen molar-refractivity contribution < 1.29 is 23.8 Å². The Morgan fingerprint density at radius 3 is 2.56 bits per heavy atom. The van der Waals surface area contributed by atoms with Gasteiger partial charge in [-0.25, -0.2) is 4.79 Å². The molecule has 0 saturated heterocycles. The second-order valence-corrected chi connectivity index (χ2v) is 6.32. The number of aromatic nitrogens is 1. The number of carbonyl (C=O) groups is 2. The Morgan fingerprint density at radius 2 is 1.88 bits per heavy atom. The highest BCUT2D eigenvalue weighted by atomic mass is 16.7. The van der Waals surface area contributed by atoms with E-state index in [4.69, 9.17) is 14.2 Å². The molecule has 0 bridgehead atoms. The number of ketones is 1. The third kappa shape index (κ3) is 3.24. The van der Waals surface area contributed by atoms with E-state index < -0.39 is 5.97 Å². The fourth-order valence-corrected chi connectivity index (χ4v) is 3.17. The van der Waals surface area contributed by atoms with E-state index in [1.54, 1.807) is 18.2 Å². The summed E-state index contributed by atoms with van der Waals surface area (Å²) >= 11 is 0. The van der Waals surface area contributed by atoms with E-state index in [2.05, 4.69) is 18.4 Å². The molecule has 1 aliphatic heterocycles. The summed E-state index contributed by atoms with van der Waals surface area (Å²) < 4.78 is 17.7. The predicted octanol–water partition coefficient (Wildman–Crippen LogP) is 3.45. The van der Waals surface area contributed by atoms with E-state index in [0.717, 1.165) is 11.4 Å². The summed E-state index contributed by atoms with van der Waals surface area (Å²) in [6.07, 6.45) is 0. The van der Waals surface area contributed by atoms with Crippen LogP contribution in [0.1, 0.15) is 52.0 Å². The number of rotatable bonds is 5. The van der Waals surface area contributed by atoms with Gasteiger partial charge in [0.25, 0.3) is 0 Å². The number of nitrogens with zero attached hydrogens (tertiary/aromatic N) is 1. The molecular formula is C19H21NO5. The number of fused-ring (bicyclic) bond motifs is 1. The van der Waals surface area contributed by atoms with Crippen molar-refractivity contribution in [1.29, 1.82) is 0 Å². The van der Waals surface area contributed by atoms with Crippen molar-refractivity contribution in [2.45, 2.75) is 33.7 Å². The second-order valence-electron chi connectivity index (χ2n) is 6.32. The Hall–Kier alpha value is -2.76. The zero-order valence-electron chi connectivity index (χ0n) is 14.8. The Labute approximate surface area is 146 Å². The molecule has 0 N–H and O–H groups in total. The minimum absolute atomic E-state index is 0.137. The molecule has 132 valence electrons. The molecule has 6 nitrogen and oxygen atoms in total. The lowest BCUT2D eigenvalue weighted by atomic mass is 10.1. The van der Waals surface area contributed by atoms with Gasteiger partial charge in [0.15, 0.2) is 18.1 Å². The van der Waals surface area contributed by atoms with Crippen LogP contribution in [-0.2, 0) is 4.74 Å². The van der Waals surface area contributed by atoms with E-state index in [1.165, 1.54) is 0 Å². The summed E-state index contributed by atoms with van der Waals surface area (Å²) in [5, 5.41) is 0. The fraction of sp³-hybridized carbons (Fsp3) is 0.368. The molecule has 0 spiro atoms. The number of aryl methyl sites for hydroxylation is 1. The van der Waals surface area contributed by atoms with E-state index in [9.17, 15) is 9.59 Å². The fourth-order valence-electron chi connectivity index (χ4n) is 3.17. The summed E-state index contributed by atoms with van der Waals surface area (Å²) in [6.45, 7) is 7.83. The quantitative estimate of drug-likeness (QED) is 0.614. The molecule has 2 aromatic rings. The van der Waals surface area contributed by atoms with Gasteiger partial charge in [0, 0.05) is 23.0 Å². The first-order valence-corrected chi connectivity index (χ1v) is 8.17. The number of hydrogen-bond acceptors (Lipinski definition) is 5. The van der Waals surface area contributed by atoms with Crippen LogP contribution in [0.4, 0.5) is 0 Å². The van der Waals surface area contributed by atoms with Gasteiger partial charge in [-0.15, -0.1) is 0 Å². The molecule has 0 saturated carbocycles. The molecule has 0 unspecified atom stereocenters. The van der Waals surface area contributed by atoms with E-state index in [-0.39, 0.29) is 25.2 Å². The Balaban J connectivity index is 1.68. The lowest BCUT2D eigenvalue weighted by Crippen LogP contribution is -2.15. The lowest BCUT2D eigenvalue weighted by molar-refractivity contribution is 0.0474. The van der Waals surface area contributed by atoms with Crippen LogP contribution in [0.15, 0.2) is 24.3 Å². The Bertz CT molecular complexity index is 835. The number of benzene rings is 1. The Morgan fingerprint density at radius 1 is 1.16 bits per heavy atom. The summed E-state index contributed by atoms with van der Waals surface area (Å²) in [5.41, 5.74) is 2.81. The molecule has 1 aliphatic rings. The van der Waals surface area contributed by atoms with Crippen molar-refractivity contribution in [3.8, 4) is 11.5 Å². The van der Waals surface area contributed by atoms with Crippen LogP contribution in [0.25, 0.3) is 0 Å². The van der Waals surface area contributed by atoms with Crippen molar-refractivity contribution in [2.75, 3.05) is 13.4 Å². The van der Waals surface area contributed by atoms with Gasteiger partial charge in [0.05, 0.1) is 5.56 Å². The summed E-state index contributed by atoms with van der Waals surface area (Å²) in [7, 11) is 0. The number of hydrogen-bond donors (Lipinski definition) is 0. The van der Waals surface area contributed by atoms with Crippen molar-refractivity contribution in [3.63, 3.8) is 0 Å². The maximum Gasteiger partial charge on any atom is 0.338 e. The smallest absolute Gasteiger partial charge is 0.338 e. The van der Waals surface area contributed by atoms with Crippen LogP contribution >= 0.6 is 0 Å². The molecule has 0 radical (unpaired) electrons. The van der Waals surface area contributed by atoms with Crippen LogP contribution in [-0.4, -0.2) is 29.7 Å². The zero-order chi connectivity index (χ0) is 18.1. The first-order chi connectivity index (χ1) is 11.9.